The van der Waals surface area contributed by atoms with E-state index in [0.29, 0.717) is 18.2 Å². The third-order valence-corrected chi connectivity index (χ3v) is 7.05. The van der Waals surface area contributed by atoms with Gasteiger partial charge in [-0.1, -0.05) is 12.8 Å². The predicted octanol–water partition coefficient (Wildman–Crippen LogP) is 2.81. The molecule has 118 valence electrons. The van der Waals surface area contributed by atoms with Crippen LogP contribution in [-0.2, 0) is 10.0 Å². The van der Waals surface area contributed by atoms with Crippen molar-refractivity contribution in [3.05, 3.63) is 24.3 Å². The van der Waals surface area contributed by atoms with Crippen molar-refractivity contribution in [3.63, 3.8) is 0 Å². The fraction of sp³-hybridized carbons (Fsp3) is 0.600. The van der Waals surface area contributed by atoms with Crippen LogP contribution in [0.3, 0.4) is 0 Å². The predicted molar refractivity (Wildman–Crippen MR) is 90.0 cm³/mol. The summed E-state index contributed by atoms with van der Waals surface area (Å²) in [5.74, 6) is 1.31. The number of anilines is 1. The first-order chi connectivity index (χ1) is 9.97. The summed E-state index contributed by atoms with van der Waals surface area (Å²) in [7, 11) is -1.43. The molecule has 1 fully saturated rings. The van der Waals surface area contributed by atoms with Crippen molar-refractivity contribution in [3.8, 4) is 0 Å². The minimum absolute atomic E-state index is 0.186. The van der Waals surface area contributed by atoms with Crippen LogP contribution >= 0.6 is 11.8 Å². The summed E-state index contributed by atoms with van der Waals surface area (Å²) in [6, 6.07) is 7.52. The lowest BCUT2D eigenvalue weighted by Gasteiger charge is -2.20. The Morgan fingerprint density at radius 2 is 1.86 bits per heavy atom. The molecule has 2 rings (SSSR count). The van der Waals surface area contributed by atoms with Crippen LogP contribution in [0.4, 0.5) is 5.69 Å². The Balaban J connectivity index is 1.78. The number of hydrogen-bond donors (Lipinski definition) is 1. The molecule has 0 spiro atoms. The highest BCUT2D eigenvalue weighted by Gasteiger charge is 2.23. The highest BCUT2D eigenvalue weighted by molar-refractivity contribution is 8.00. The molecule has 0 aromatic heterocycles. The maximum absolute atomic E-state index is 12.3. The topological polar surface area (TPSA) is 63.4 Å². The molecule has 0 unspecified atom stereocenters. The summed E-state index contributed by atoms with van der Waals surface area (Å²) in [5.41, 5.74) is 6.36. The molecular weight excluding hydrogens is 304 g/mol. The highest BCUT2D eigenvalue weighted by atomic mass is 32.2. The lowest BCUT2D eigenvalue weighted by Crippen LogP contribution is -2.33. The third kappa shape index (κ3) is 5.20. The van der Waals surface area contributed by atoms with Gasteiger partial charge in [0, 0.05) is 29.9 Å². The van der Waals surface area contributed by atoms with Crippen LogP contribution in [0, 0.1) is 5.92 Å². The number of thioether (sulfide) groups is 1. The van der Waals surface area contributed by atoms with Gasteiger partial charge in [-0.05, 0) is 43.0 Å². The van der Waals surface area contributed by atoms with Gasteiger partial charge in [-0.25, -0.2) is 12.7 Å². The Morgan fingerprint density at radius 1 is 1.24 bits per heavy atom. The second-order valence-electron chi connectivity index (χ2n) is 5.66. The number of rotatable bonds is 7. The second-order valence-corrected chi connectivity index (χ2v) is 9.03. The molecule has 1 aromatic rings. The van der Waals surface area contributed by atoms with Crippen LogP contribution in [0.25, 0.3) is 0 Å². The third-order valence-electron chi connectivity index (χ3n) is 3.96. The molecule has 1 aromatic carbocycles. The van der Waals surface area contributed by atoms with Gasteiger partial charge in [0.2, 0.25) is 10.0 Å². The number of hydrogen-bond acceptors (Lipinski definition) is 4. The van der Waals surface area contributed by atoms with Crippen molar-refractivity contribution in [1.29, 1.82) is 0 Å². The van der Waals surface area contributed by atoms with E-state index < -0.39 is 10.0 Å². The number of nitrogens with zero attached hydrogens (tertiary/aromatic N) is 1. The van der Waals surface area contributed by atoms with Crippen LogP contribution in [-0.4, -0.2) is 37.8 Å². The molecule has 21 heavy (non-hydrogen) atoms. The standard InChI is InChI=1S/C15H24N2O2S2/c1-17(12-13-4-2-3-5-13)21(18,19)11-10-20-15-8-6-14(16)7-9-15/h6-9,13H,2-5,10-12,16H2,1H3. The normalized spacial score (nSPS) is 16.7. The molecule has 0 saturated heterocycles. The molecule has 0 amide bonds. The van der Waals surface area contributed by atoms with Crippen LogP contribution in [0.1, 0.15) is 25.7 Å². The maximum Gasteiger partial charge on any atom is 0.214 e. The van der Waals surface area contributed by atoms with E-state index in [1.165, 1.54) is 25.7 Å². The van der Waals surface area contributed by atoms with E-state index in [0.717, 1.165) is 10.6 Å². The summed E-state index contributed by atoms with van der Waals surface area (Å²) in [6.45, 7) is 0.675. The van der Waals surface area contributed by atoms with Gasteiger partial charge in [0.1, 0.15) is 0 Å². The molecule has 1 aliphatic carbocycles. The van der Waals surface area contributed by atoms with Gasteiger partial charge in [-0.2, -0.15) is 0 Å². The first-order valence-electron chi connectivity index (χ1n) is 7.40. The molecule has 0 atom stereocenters. The van der Waals surface area contributed by atoms with E-state index in [4.69, 9.17) is 5.73 Å². The van der Waals surface area contributed by atoms with E-state index in [1.807, 2.05) is 24.3 Å². The van der Waals surface area contributed by atoms with Gasteiger partial charge in [0.15, 0.2) is 0 Å². The Hall–Kier alpha value is -0.720. The monoisotopic (exact) mass is 328 g/mol. The van der Waals surface area contributed by atoms with E-state index in [1.54, 1.807) is 23.1 Å². The number of benzene rings is 1. The zero-order valence-corrected chi connectivity index (χ0v) is 14.1. The van der Waals surface area contributed by atoms with Crippen LogP contribution in [0.15, 0.2) is 29.2 Å². The van der Waals surface area contributed by atoms with Crippen molar-refractivity contribution in [2.45, 2.75) is 30.6 Å². The summed E-state index contributed by atoms with van der Waals surface area (Å²) in [5, 5.41) is 0. The maximum atomic E-state index is 12.3. The SMILES string of the molecule is CN(CC1CCCC1)S(=O)(=O)CCSc1ccc(N)cc1. The Labute approximate surface area is 132 Å². The summed E-state index contributed by atoms with van der Waals surface area (Å²) < 4.78 is 26.1. The smallest absolute Gasteiger partial charge is 0.214 e. The van der Waals surface area contributed by atoms with Gasteiger partial charge in [0.25, 0.3) is 0 Å². The number of nitrogens with two attached hydrogens (primary N) is 1. The fourth-order valence-corrected chi connectivity index (χ4v) is 5.14. The molecule has 0 heterocycles. The molecule has 6 heteroatoms. The summed E-state index contributed by atoms with van der Waals surface area (Å²) >= 11 is 1.55. The quantitative estimate of drug-likeness (QED) is 0.617. The lowest BCUT2D eigenvalue weighted by atomic mass is 10.1. The number of nitrogen functional groups attached to an aromatic ring is 1. The second kappa shape index (κ2) is 7.51. The minimum atomic E-state index is -3.14. The van der Waals surface area contributed by atoms with Crippen molar-refractivity contribution < 1.29 is 8.42 Å². The van der Waals surface area contributed by atoms with E-state index in [2.05, 4.69) is 0 Å². The minimum Gasteiger partial charge on any atom is -0.399 e. The first-order valence-corrected chi connectivity index (χ1v) is 9.99. The highest BCUT2D eigenvalue weighted by Crippen LogP contribution is 2.26. The fourth-order valence-electron chi connectivity index (χ4n) is 2.65. The number of sulfonamides is 1. The average Bonchev–Trinajstić information content (AvgIpc) is 2.94. The van der Waals surface area contributed by atoms with E-state index >= 15 is 0 Å². The Kier molecular flexibility index (Phi) is 5.96. The van der Waals surface area contributed by atoms with E-state index in [-0.39, 0.29) is 5.75 Å². The van der Waals surface area contributed by atoms with Crippen LogP contribution in [0.5, 0.6) is 0 Å². The van der Waals surface area contributed by atoms with Crippen molar-refractivity contribution in [2.24, 2.45) is 5.92 Å². The lowest BCUT2D eigenvalue weighted by molar-refractivity contribution is 0.388. The van der Waals surface area contributed by atoms with Gasteiger partial charge >= 0.3 is 0 Å². The zero-order valence-electron chi connectivity index (χ0n) is 12.5. The molecular formula is C15H24N2O2S2. The molecule has 0 radical (unpaired) electrons. The summed E-state index contributed by atoms with van der Waals surface area (Å²) in [6.07, 6.45) is 4.82. The Bertz CT molecular complexity index is 537. The van der Waals surface area contributed by atoms with Gasteiger partial charge < -0.3 is 5.73 Å². The van der Waals surface area contributed by atoms with Crippen molar-refractivity contribution >= 4 is 27.5 Å². The molecule has 1 aliphatic rings. The summed E-state index contributed by atoms with van der Waals surface area (Å²) in [4.78, 5) is 1.05. The molecule has 1 saturated carbocycles. The van der Waals surface area contributed by atoms with Crippen LogP contribution in [0.2, 0.25) is 0 Å². The zero-order chi connectivity index (χ0) is 15.3. The largest absolute Gasteiger partial charge is 0.399 e. The van der Waals surface area contributed by atoms with Gasteiger partial charge in [-0.3, -0.25) is 0 Å². The van der Waals surface area contributed by atoms with Crippen LogP contribution < -0.4 is 5.73 Å². The Morgan fingerprint density at radius 3 is 2.48 bits per heavy atom. The average molecular weight is 329 g/mol. The van der Waals surface area contributed by atoms with Gasteiger partial charge in [-0.15, -0.1) is 11.8 Å². The molecule has 0 aliphatic heterocycles. The molecule has 4 nitrogen and oxygen atoms in total. The first kappa shape index (κ1) is 16.6. The van der Waals surface area contributed by atoms with Crippen molar-refractivity contribution in [2.75, 3.05) is 30.8 Å². The molecule has 0 bridgehead atoms. The van der Waals surface area contributed by atoms with E-state index in [9.17, 15) is 8.42 Å². The van der Waals surface area contributed by atoms with Crippen molar-refractivity contribution in [1.82, 2.24) is 4.31 Å². The van der Waals surface area contributed by atoms with Gasteiger partial charge in [0.05, 0.1) is 5.75 Å². The molecule has 2 N–H and O–H groups in total.